The Morgan fingerprint density at radius 1 is 1.29 bits per heavy atom. The fraction of sp³-hybridized carbons (Fsp3) is 0.474. The summed E-state index contributed by atoms with van der Waals surface area (Å²) in [6.07, 6.45) is 19.2. The highest BCUT2D eigenvalue weighted by atomic mass is 16.5. The molecule has 0 aromatic carbocycles. The van der Waals surface area contributed by atoms with Gasteiger partial charge in [0.1, 0.15) is 5.70 Å². The Labute approximate surface area is 143 Å². The van der Waals surface area contributed by atoms with E-state index in [0.717, 1.165) is 30.7 Å². The van der Waals surface area contributed by atoms with Gasteiger partial charge < -0.3 is 15.4 Å². The van der Waals surface area contributed by atoms with Gasteiger partial charge in [0, 0.05) is 24.3 Å². The van der Waals surface area contributed by atoms with Crippen LogP contribution in [0.4, 0.5) is 0 Å². The Balaban J connectivity index is 1.44. The Hall–Kier alpha value is -2.30. The predicted molar refractivity (Wildman–Crippen MR) is 96.5 cm³/mol. The Morgan fingerprint density at radius 3 is 3.12 bits per heavy atom. The molecule has 126 valence electrons. The lowest BCUT2D eigenvalue weighted by Crippen LogP contribution is -2.44. The topological polar surface area (TPSA) is 58.0 Å². The Bertz CT molecular complexity index is 669. The van der Waals surface area contributed by atoms with Crippen LogP contribution in [-0.2, 0) is 4.74 Å². The maximum absolute atomic E-state index is 6.07. The van der Waals surface area contributed by atoms with Crippen LogP contribution < -0.4 is 10.6 Å². The summed E-state index contributed by atoms with van der Waals surface area (Å²) in [5, 5.41) is 6.89. The zero-order valence-electron chi connectivity index (χ0n) is 13.9. The standard InChI is InChI=1S/C19H24N4O/c1-3-7-14(8-4-1)13-24-18-17-16(11-12-20-17)22-19(23-18)21-15-9-5-2-6-10-15/h2-3,5,7,9,12,14,19,21-22H,1,4,6,8,10-11,13H2. The molecule has 0 amide bonds. The summed E-state index contributed by atoms with van der Waals surface area (Å²) in [7, 11) is 0. The molecule has 0 spiro atoms. The molecule has 2 N–H and O–H groups in total. The van der Waals surface area contributed by atoms with Crippen molar-refractivity contribution in [2.75, 3.05) is 6.61 Å². The predicted octanol–water partition coefficient (Wildman–Crippen LogP) is 3.15. The number of ether oxygens (including phenoxy) is 1. The molecule has 0 saturated heterocycles. The van der Waals surface area contributed by atoms with E-state index in [2.05, 4.69) is 46.0 Å². The Kier molecular flexibility index (Phi) is 4.49. The van der Waals surface area contributed by atoms with Crippen molar-refractivity contribution in [3.63, 3.8) is 0 Å². The molecule has 0 aromatic heterocycles. The first kappa shape index (κ1) is 15.2. The molecule has 2 aliphatic carbocycles. The first-order chi connectivity index (χ1) is 11.9. The smallest absolute Gasteiger partial charge is 0.240 e. The molecule has 5 heteroatoms. The zero-order valence-corrected chi connectivity index (χ0v) is 13.9. The lowest BCUT2D eigenvalue weighted by molar-refractivity contribution is 0.246. The first-order valence-corrected chi connectivity index (χ1v) is 8.90. The first-order valence-electron chi connectivity index (χ1n) is 8.90. The van der Waals surface area contributed by atoms with Crippen LogP contribution in [0.15, 0.2) is 57.5 Å². The largest absolute Gasteiger partial charge is 0.476 e. The second-order valence-corrected chi connectivity index (χ2v) is 6.56. The van der Waals surface area contributed by atoms with Gasteiger partial charge >= 0.3 is 0 Å². The summed E-state index contributed by atoms with van der Waals surface area (Å²) in [4.78, 5) is 9.16. The summed E-state index contributed by atoms with van der Waals surface area (Å²) in [5.74, 6) is 1.16. The maximum Gasteiger partial charge on any atom is 0.240 e. The highest BCUT2D eigenvalue weighted by Crippen LogP contribution is 2.23. The van der Waals surface area contributed by atoms with Gasteiger partial charge in [0.2, 0.25) is 5.90 Å². The van der Waals surface area contributed by atoms with E-state index >= 15 is 0 Å². The van der Waals surface area contributed by atoms with Crippen LogP contribution in [-0.4, -0.2) is 25.0 Å². The van der Waals surface area contributed by atoms with Crippen LogP contribution in [0.5, 0.6) is 0 Å². The van der Waals surface area contributed by atoms with Gasteiger partial charge in [-0.3, -0.25) is 4.99 Å². The van der Waals surface area contributed by atoms with Crippen molar-refractivity contribution in [1.29, 1.82) is 0 Å². The van der Waals surface area contributed by atoms with E-state index in [1.807, 2.05) is 6.21 Å². The van der Waals surface area contributed by atoms with Gasteiger partial charge in [-0.15, -0.1) is 0 Å². The molecule has 5 nitrogen and oxygen atoms in total. The van der Waals surface area contributed by atoms with E-state index in [0.29, 0.717) is 18.4 Å². The molecule has 2 atom stereocenters. The van der Waals surface area contributed by atoms with Crippen LogP contribution in [0, 0.1) is 5.92 Å². The molecule has 0 saturated carbocycles. The van der Waals surface area contributed by atoms with E-state index in [1.54, 1.807) is 0 Å². The third-order valence-electron chi connectivity index (χ3n) is 4.69. The maximum atomic E-state index is 6.07. The van der Waals surface area contributed by atoms with Gasteiger partial charge in [0.15, 0.2) is 6.29 Å². The molecule has 4 rings (SSSR count). The van der Waals surface area contributed by atoms with Crippen LogP contribution >= 0.6 is 0 Å². The molecule has 0 aromatic rings. The second kappa shape index (κ2) is 7.07. The summed E-state index contributed by atoms with van der Waals surface area (Å²) in [6, 6.07) is 0. The second-order valence-electron chi connectivity index (χ2n) is 6.56. The Morgan fingerprint density at radius 2 is 2.29 bits per heavy atom. The third-order valence-corrected chi connectivity index (χ3v) is 4.69. The van der Waals surface area contributed by atoms with Crippen LogP contribution in [0.2, 0.25) is 0 Å². The molecule has 0 fully saturated rings. The molecule has 24 heavy (non-hydrogen) atoms. The molecule has 2 aliphatic heterocycles. The number of nitrogens with zero attached hydrogens (tertiary/aromatic N) is 2. The van der Waals surface area contributed by atoms with Crippen molar-refractivity contribution in [2.45, 2.75) is 44.8 Å². The number of allylic oxidation sites excluding steroid dienone is 6. The zero-order chi connectivity index (χ0) is 16.2. The quantitative estimate of drug-likeness (QED) is 0.781. The number of hydrogen-bond acceptors (Lipinski definition) is 5. The van der Waals surface area contributed by atoms with Crippen molar-refractivity contribution in [3.05, 3.63) is 47.5 Å². The van der Waals surface area contributed by atoms with Gasteiger partial charge in [-0.05, 0) is 38.2 Å². The molecular formula is C19H24N4O. The van der Waals surface area contributed by atoms with E-state index in [4.69, 9.17) is 9.73 Å². The van der Waals surface area contributed by atoms with Crippen LogP contribution in [0.25, 0.3) is 0 Å². The average Bonchev–Trinajstić information content (AvgIpc) is 3.10. The minimum absolute atomic E-state index is 0.180. The summed E-state index contributed by atoms with van der Waals surface area (Å²) in [5.41, 5.74) is 3.17. The number of aliphatic imine (C=N–C) groups is 2. The molecule has 2 unspecified atom stereocenters. The van der Waals surface area contributed by atoms with Crippen molar-refractivity contribution >= 4 is 12.1 Å². The van der Waals surface area contributed by atoms with Crippen molar-refractivity contribution in [3.8, 4) is 0 Å². The fourth-order valence-electron chi connectivity index (χ4n) is 3.37. The van der Waals surface area contributed by atoms with Gasteiger partial charge in [-0.25, -0.2) is 4.99 Å². The highest BCUT2D eigenvalue weighted by molar-refractivity contribution is 5.98. The minimum Gasteiger partial charge on any atom is -0.476 e. The fourth-order valence-corrected chi connectivity index (χ4v) is 3.37. The molecule has 0 radical (unpaired) electrons. The van der Waals surface area contributed by atoms with E-state index in [9.17, 15) is 0 Å². The van der Waals surface area contributed by atoms with Crippen LogP contribution in [0.3, 0.4) is 0 Å². The van der Waals surface area contributed by atoms with E-state index < -0.39 is 0 Å². The van der Waals surface area contributed by atoms with Gasteiger partial charge in [0.25, 0.3) is 0 Å². The van der Waals surface area contributed by atoms with Crippen molar-refractivity contribution < 1.29 is 4.74 Å². The number of hydrogen-bond donors (Lipinski definition) is 2. The van der Waals surface area contributed by atoms with Gasteiger partial charge in [-0.2, -0.15) is 0 Å². The molecule has 2 heterocycles. The normalized spacial score (nSPS) is 28.2. The van der Waals surface area contributed by atoms with E-state index in [1.165, 1.54) is 25.0 Å². The monoisotopic (exact) mass is 324 g/mol. The third kappa shape index (κ3) is 3.45. The molecule has 4 aliphatic rings. The van der Waals surface area contributed by atoms with E-state index in [-0.39, 0.29) is 6.29 Å². The summed E-state index contributed by atoms with van der Waals surface area (Å²) < 4.78 is 6.07. The van der Waals surface area contributed by atoms with Crippen LogP contribution in [0.1, 0.15) is 38.5 Å². The molecule has 0 bridgehead atoms. The van der Waals surface area contributed by atoms with Crippen molar-refractivity contribution in [2.24, 2.45) is 15.9 Å². The SMILES string of the molecule is C1=CCCC(NC2N=C(OCC3C=CCCC3)C3=C(CC=N3)N2)=C1. The minimum atomic E-state index is -0.180. The van der Waals surface area contributed by atoms with Gasteiger partial charge in [0.05, 0.1) is 12.3 Å². The highest BCUT2D eigenvalue weighted by Gasteiger charge is 2.27. The number of nitrogens with one attached hydrogen (secondary N) is 2. The summed E-state index contributed by atoms with van der Waals surface area (Å²) >= 11 is 0. The summed E-state index contributed by atoms with van der Waals surface area (Å²) in [6.45, 7) is 0.680. The lowest BCUT2D eigenvalue weighted by atomic mass is 9.97. The van der Waals surface area contributed by atoms with Crippen molar-refractivity contribution in [1.82, 2.24) is 10.6 Å². The number of rotatable bonds is 4. The van der Waals surface area contributed by atoms with Gasteiger partial charge in [-0.1, -0.05) is 24.3 Å². The lowest BCUT2D eigenvalue weighted by Gasteiger charge is -2.27. The molecular weight excluding hydrogens is 300 g/mol. The average molecular weight is 324 g/mol.